The lowest BCUT2D eigenvalue weighted by Crippen LogP contribution is -2.56. The maximum absolute atomic E-state index is 11.2. The van der Waals surface area contributed by atoms with E-state index in [0.29, 0.717) is 6.42 Å². The number of carbonyl (C=O) groups is 1. The summed E-state index contributed by atoms with van der Waals surface area (Å²) in [5.41, 5.74) is 0. The zero-order chi connectivity index (χ0) is 22.9. The molecule has 180 valence electrons. The Labute approximate surface area is 182 Å². The molecule has 0 aromatic carbocycles. The van der Waals surface area contributed by atoms with Crippen molar-refractivity contribution >= 4 is 5.97 Å². The number of hydrogen-bond acceptors (Lipinski definition) is 10. The number of aliphatic hydroxyl groups excluding tert-OH is 3. The molecule has 3 aliphatic rings. The third kappa shape index (κ3) is 6.14. The average Bonchev–Trinajstić information content (AvgIpc) is 2.64. The van der Waals surface area contributed by atoms with Crippen molar-refractivity contribution in [2.75, 3.05) is 0 Å². The lowest BCUT2D eigenvalue weighted by molar-refractivity contribution is -0.326. The van der Waals surface area contributed by atoms with Gasteiger partial charge in [-0.3, -0.25) is 4.79 Å². The summed E-state index contributed by atoms with van der Waals surface area (Å²) in [5, 5.41) is 31.4. The van der Waals surface area contributed by atoms with Gasteiger partial charge < -0.3 is 43.7 Å². The van der Waals surface area contributed by atoms with E-state index < -0.39 is 67.4 Å². The Balaban J connectivity index is 1.53. The second-order valence-electron chi connectivity index (χ2n) is 8.88. The van der Waals surface area contributed by atoms with E-state index in [9.17, 15) is 20.1 Å². The van der Waals surface area contributed by atoms with E-state index in [-0.39, 0.29) is 25.0 Å². The number of hydrogen-bond donors (Lipinski definition) is 3. The predicted molar refractivity (Wildman–Crippen MR) is 106 cm³/mol. The Morgan fingerprint density at radius 2 is 1.13 bits per heavy atom. The van der Waals surface area contributed by atoms with Crippen molar-refractivity contribution in [2.24, 2.45) is 0 Å². The van der Waals surface area contributed by atoms with Crippen LogP contribution in [-0.4, -0.2) is 94.9 Å². The molecule has 3 saturated heterocycles. The Morgan fingerprint density at radius 3 is 1.55 bits per heavy atom. The topological polar surface area (TPSA) is 133 Å². The van der Waals surface area contributed by atoms with Crippen LogP contribution in [0.3, 0.4) is 0 Å². The monoisotopic (exact) mass is 448 g/mol. The van der Waals surface area contributed by atoms with Crippen molar-refractivity contribution < 1.29 is 48.5 Å². The highest BCUT2D eigenvalue weighted by atomic mass is 16.7. The largest absolute Gasteiger partial charge is 0.457 e. The summed E-state index contributed by atoms with van der Waals surface area (Å²) >= 11 is 0. The SMILES string of the molecule is CC(=O)O[C@H]1[C@@H](O)C[C@H](O[C@H]2[C@@H](O)C[C@@H](O[C@H]3[C@@H](O)C[C@H](C)O[C@@H]3C)O[C@@H]2C)O[C@@H]1C. The lowest BCUT2D eigenvalue weighted by Gasteiger charge is -2.44. The fourth-order valence-electron chi connectivity index (χ4n) is 4.61. The van der Waals surface area contributed by atoms with Gasteiger partial charge in [0.1, 0.15) is 12.2 Å². The zero-order valence-corrected chi connectivity index (χ0v) is 18.7. The molecule has 0 spiro atoms. The van der Waals surface area contributed by atoms with E-state index in [1.54, 1.807) is 13.8 Å². The fourth-order valence-corrected chi connectivity index (χ4v) is 4.61. The summed E-state index contributed by atoms with van der Waals surface area (Å²) in [7, 11) is 0. The van der Waals surface area contributed by atoms with Crippen LogP contribution in [0.25, 0.3) is 0 Å². The maximum Gasteiger partial charge on any atom is 0.303 e. The van der Waals surface area contributed by atoms with Crippen molar-refractivity contribution in [2.45, 2.75) is 128 Å². The van der Waals surface area contributed by atoms with Gasteiger partial charge in [0.05, 0.1) is 42.7 Å². The van der Waals surface area contributed by atoms with Crippen molar-refractivity contribution in [3.05, 3.63) is 0 Å². The van der Waals surface area contributed by atoms with Crippen LogP contribution in [0.5, 0.6) is 0 Å². The first-order valence-corrected chi connectivity index (χ1v) is 11.0. The first-order chi connectivity index (χ1) is 14.5. The summed E-state index contributed by atoms with van der Waals surface area (Å²) < 4.78 is 34.4. The van der Waals surface area contributed by atoms with Crippen molar-refractivity contribution in [3.63, 3.8) is 0 Å². The molecule has 12 atom stereocenters. The molecule has 0 aromatic heterocycles. The molecule has 10 nitrogen and oxygen atoms in total. The van der Waals surface area contributed by atoms with E-state index in [2.05, 4.69) is 0 Å². The number of rotatable bonds is 5. The van der Waals surface area contributed by atoms with E-state index in [1.807, 2.05) is 13.8 Å². The minimum Gasteiger partial charge on any atom is -0.457 e. The zero-order valence-electron chi connectivity index (χ0n) is 18.7. The minimum atomic E-state index is -0.942. The Bertz CT molecular complexity index is 567. The second-order valence-corrected chi connectivity index (χ2v) is 8.88. The van der Waals surface area contributed by atoms with Gasteiger partial charge >= 0.3 is 5.97 Å². The van der Waals surface area contributed by atoms with Crippen LogP contribution in [0.2, 0.25) is 0 Å². The molecule has 31 heavy (non-hydrogen) atoms. The van der Waals surface area contributed by atoms with E-state index in [0.717, 1.165) is 0 Å². The number of ether oxygens (including phenoxy) is 6. The molecule has 0 unspecified atom stereocenters. The molecule has 3 aliphatic heterocycles. The third-order valence-corrected chi connectivity index (χ3v) is 6.07. The van der Waals surface area contributed by atoms with E-state index in [4.69, 9.17) is 28.4 Å². The van der Waals surface area contributed by atoms with Crippen molar-refractivity contribution in [1.29, 1.82) is 0 Å². The summed E-state index contributed by atoms with van der Waals surface area (Å²) in [6, 6.07) is 0. The van der Waals surface area contributed by atoms with Crippen LogP contribution in [0.4, 0.5) is 0 Å². The highest BCUT2D eigenvalue weighted by molar-refractivity contribution is 5.66. The summed E-state index contributed by atoms with van der Waals surface area (Å²) in [5.74, 6) is -0.494. The standard InChI is InChI=1S/C21H36O10/c1-9-6-14(23)20(10(2)26-9)30-18-8-16(25)21(12(4)28-18)31-17-7-15(24)19(11(3)27-17)29-13(5)22/h9-12,14-21,23-25H,6-8H2,1-5H3/t9-,10+,11+,12+,14-,15-,16-,17-,18+,19+,20+,21+/m0/s1. The molecule has 3 N–H and O–H groups in total. The third-order valence-electron chi connectivity index (χ3n) is 6.07. The van der Waals surface area contributed by atoms with Crippen molar-refractivity contribution in [1.82, 2.24) is 0 Å². The molecule has 0 radical (unpaired) electrons. The van der Waals surface area contributed by atoms with Gasteiger partial charge in [-0.1, -0.05) is 0 Å². The second kappa shape index (κ2) is 10.4. The van der Waals surface area contributed by atoms with Gasteiger partial charge in [-0.15, -0.1) is 0 Å². The summed E-state index contributed by atoms with van der Waals surface area (Å²) in [4.78, 5) is 11.2. The molecule has 3 fully saturated rings. The highest BCUT2D eigenvalue weighted by Crippen LogP contribution is 2.31. The van der Waals surface area contributed by atoms with E-state index >= 15 is 0 Å². The lowest BCUT2D eigenvalue weighted by atomic mass is 9.98. The Kier molecular flexibility index (Phi) is 8.31. The van der Waals surface area contributed by atoms with Gasteiger partial charge in [-0.2, -0.15) is 0 Å². The van der Waals surface area contributed by atoms with Crippen LogP contribution in [-0.2, 0) is 33.2 Å². The fraction of sp³-hybridized carbons (Fsp3) is 0.952. The molecule has 0 bridgehead atoms. The quantitative estimate of drug-likeness (QED) is 0.502. The molecule has 0 aromatic rings. The first kappa shape index (κ1) is 24.8. The van der Waals surface area contributed by atoms with Gasteiger partial charge in [0.15, 0.2) is 18.7 Å². The highest BCUT2D eigenvalue weighted by Gasteiger charge is 2.45. The smallest absolute Gasteiger partial charge is 0.303 e. The molecule has 0 saturated carbocycles. The van der Waals surface area contributed by atoms with Crippen LogP contribution >= 0.6 is 0 Å². The molecule has 3 heterocycles. The molecule has 10 heteroatoms. The molecule has 0 aliphatic carbocycles. The Hall–Kier alpha value is -0.850. The number of aliphatic hydroxyl groups is 3. The number of carbonyl (C=O) groups excluding carboxylic acids is 1. The Morgan fingerprint density at radius 1 is 0.710 bits per heavy atom. The average molecular weight is 449 g/mol. The van der Waals surface area contributed by atoms with Crippen LogP contribution in [0.15, 0.2) is 0 Å². The molecular formula is C21H36O10. The van der Waals surface area contributed by atoms with Gasteiger partial charge in [0, 0.05) is 26.2 Å². The maximum atomic E-state index is 11.2. The van der Waals surface area contributed by atoms with Crippen LogP contribution < -0.4 is 0 Å². The van der Waals surface area contributed by atoms with E-state index in [1.165, 1.54) is 6.92 Å². The number of esters is 1. The summed E-state index contributed by atoms with van der Waals surface area (Å²) in [6.45, 7) is 8.46. The van der Waals surface area contributed by atoms with Crippen molar-refractivity contribution in [3.8, 4) is 0 Å². The molecular weight excluding hydrogens is 412 g/mol. The van der Waals surface area contributed by atoms with Crippen LogP contribution in [0, 0.1) is 0 Å². The van der Waals surface area contributed by atoms with Gasteiger partial charge in [0.2, 0.25) is 0 Å². The van der Waals surface area contributed by atoms with Gasteiger partial charge in [0.25, 0.3) is 0 Å². The van der Waals surface area contributed by atoms with Gasteiger partial charge in [-0.05, 0) is 27.7 Å². The molecule has 0 amide bonds. The normalized spacial score (nSPS) is 48.9. The molecule has 3 rings (SSSR count). The van der Waals surface area contributed by atoms with Gasteiger partial charge in [-0.25, -0.2) is 0 Å². The summed E-state index contributed by atoms with van der Waals surface area (Å²) in [6.07, 6.45) is -6.73. The minimum absolute atomic E-state index is 0.0481. The first-order valence-electron chi connectivity index (χ1n) is 11.0. The van der Waals surface area contributed by atoms with Crippen LogP contribution in [0.1, 0.15) is 53.9 Å². The predicted octanol–water partition coefficient (Wildman–Crippen LogP) is 0.238.